The van der Waals surface area contributed by atoms with Crippen molar-refractivity contribution in [2.45, 2.75) is 68.4 Å². The Morgan fingerprint density at radius 2 is 1.69 bits per heavy atom. The van der Waals surface area contributed by atoms with Gasteiger partial charge in [-0.1, -0.05) is 71.3 Å². The van der Waals surface area contributed by atoms with Crippen molar-refractivity contribution in [3.05, 3.63) is 82.9 Å². The Kier molecular flexibility index (Phi) is 12.1. The van der Waals surface area contributed by atoms with Crippen LogP contribution in [0.15, 0.2) is 77.3 Å². The second kappa shape index (κ2) is 16.7. The second-order valence-electron chi connectivity index (χ2n) is 13.6. The molecule has 2 saturated heterocycles. The largest absolute Gasteiger partial charge is 0.497 e. The van der Waals surface area contributed by atoms with Gasteiger partial charge in [0.25, 0.3) is 5.91 Å². The molecule has 4 aliphatic heterocycles. The first kappa shape index (κ1) is 37.7. The molecular weight excluding hydrogens is 734 g/mol. The predicted octanol–water partition coefficient (Wildman–Crippen LogP) is 4.22. The van der Waals surface area contributed by atoms with Gasteiger partial charge in [-0.2, -0.15) is 0 Å². The predicted molar refractivity (Wildman–Crippen MR) is 195 cm³/mol. The van der Waals surface area contributed by atoms with Crippen molar-refractivity contribution >= 4 is 45.3 Å². The number of halogens is 1. The van der Waals surface area contributed by atoms with E-state index in [1.165, 1.54) is 7.11 Å². The van der Waals surface area contributed by atoms with Crippen molar-refractivity contribution in [3.63, 3.8) is 0 Å². The standard InChI is InChI=1S/C39H46BrN3O9/c1-49-24-29-33(25-13-7-5-8-14-25)51-38(48)31-32-36(46)43(21-10-3-4-12-22-44)35(39(32)23-28(40)34(31)52-39)37(47)42(20-11-6-9-15-30(45)41-29)26-16-18-27(50-2)19-17-26/h5-8,11,13-14,16-19,23,29,31-35,44H,3-4,9-10,12,15,20-22,24H2,1-2H3,(H,41,45)/b11-6-/t29-,31+,32-,33-,34+,35+,39-/m0/s1. The van der Waals surface area contributed by atoms with E-state index >= 15 is 4.79 Å². The molecule has 6 rings (SSSR count). The van der Waals surface area contributed by atoms with Crippen LogP contribution in [-0.4, -0.2) is 98.0 Å². The number of allylic oxidation sites excluding steroid dienone is 1. The van der Waals surface area contributed by atoms with E-state index in [9.17, 15) is 19.5 Å². The molecule has 0 aromatic heterocycles. The first-order chi connectivity index (χ1) is 25.2. The molecule has 2 aromatic carbocycles. The minimum atomic E-state index is -1.45. The van der Waals surface area contributed by atoms with Crippen molar-refractivity contribution < 1.29 is 43.2 Å². The number of unbranched alkanes of at least 4 members (excludes halogenated alkanes) is 3. The van der Waals surface area contributed by atoms with Gasteiger partial charge < -0.3 is 39.2 Å². The fraction of sp³-hybridized carbons (Fsp3) is 0.487. The molecule has 7 atom stereocenters. The summed E-state index contributed by atoms with van der Waals surface area (Å²) in [6, 6.07) is 14.4. The molecule has 2 aromatic rings. The van der Waals surface area contributed by atoms with Crippen LogP contribution in [0.2, 0.25) is 0 Å². The summed E-state index contributed by atoms with van der Waals surface area (Å²) in [5.41, 5.74) is -0.215. The number of fused-ring (bicyclic) bond motifs is 2. The van der Waals surface area contributed by atoms with Crippen molar-refractivity contribution in [2.75, 3.05) is 45.4 Å². The maximum absolute atomic E-state index is 15.1. The van der Waals surface area contributed by atoms with Crippen molar-refractivity contribution in [1.82, 2.24) is 10.2 Å². The van der Waals surface area contributed by atoms with E-state index in [4.69, 9.17) is 18.9 Å². The maximum atomic E-state index is 15.1. The van der Waals surface area contributed by atoms with E-state index in [-0.39, 0.29) is 50.4 Å². The molecule has 0 aliphatic carbocycles. The molecule has 5 bridgehead atoms. The third kappa shape index (κ3) is 7.41. The number of hydrogen-bond acceptors (Lipinski definition) is 9. The first-order valence-electron chi connectivity index (χ1n) is 17.9. The topological polar surface area (TPSA) is 144 Å². The molecule has 1 spiro atoms. The Hall–Kier alpha value is -4.04. The Morgan fingerprint density at radius 3 is 2.40 bits per heavy atom. The zero-order valence-electron chi connectivity index (χ0n) is 29.4. The van der Waals surface area contributed by atoms with E-state index in [0.717, 1.165) is 12.8 Å². The monoisotopic (exact) mass is 779 g/mol. The van der Waals surface area contributed by atoms with Gasteiger partial charge in [0, 0.05) is 43.4 Å². The van der Waals surface area contributed by atoms with Crippen molar-refractivity contribution in [2.24, 2.45) is 11.8 Å². The van der Waals surface area contributed by atoms with Crippen LogP contribution in [0.4, 0.5) is 5.69 Å². The van der Waals surface area contributed by atoms with Gasteiger partial charge in [0.2, 0.25) is 11.8 Å². The summed E-state index contributed by atoms with van der Waals surface area (Å²) in [4.78, 5) is 60.8. The minimum Gasteiger partial charge on any atom is -0.497 e. The molecule has 2 fully saturated rings. The Balaban J connectivity index is 1.45. The van der Waals surface area contributed by atoms with Crippen LogP contribution in [0, 0.1) is 11.8 Å². The lowest BCUT2D eigenvalue weighted by Crippen LogP contribution is -2.56. The number of nitrogens with one attached hydrogen (secondary N) is 1. The lowest BCUT2D eigenvalue weighted by Gasteiger charge is -2.36. The van der Waals surface area contributed by atoms with Crippen LogP contribution in [0.5, 0.6) is 5.75 Å². The van der Waals surface area contributed by atoms with Crippen LogP contribution >= 0.6 is 15.9 Å². The molecule has 278 valence electrons. The summed E-state index contributed by atoms with van der Waals surface area (Å²) >= 11 is 3.63. The van der Waals surface area contributed by atoms with Crippen LogP contribution in [0.1, 0.15) is 50.2 Å². The molecule has 4 heterocycles. The third-order valence-electron chi connectivity index (χ3n) is 10.3. The van der Waals surface area contributed by atoms with E-state index in [1.54, 1.807) is 47.3 Å². The number of rotatable bonds is 11. The van der Waals surface area contributed by atoms with E-state index in [2.05, 4.69) is 21.2 Å². The number of hydrogen-bond donors (Lipinski definition) is 2. The summed E-state index contributed by atoms with van der Waals surface area (Å²) in [6.07, 6.45) is 6.98. The molecule has 0 radical (unpaired) electrons. The Morgan fingerprint density at radius 1 is 0.942 bits per heavy atom. The normalized spacial score (nSPS) is 29.8. The number of aliphatic hydroxyl groups excluding tert-OH is 1. The van der Waals surface area contributed by atoms with Gasteiger partial charge in [-0.05, 0) is 55.2 Å². The summed E-state index contributed by atoms with van der Waals surface area (Å²) in [7, 11) is 3.08. The number of anilines is 1. The summed E-state index contributed by atoms with van der Waals surface area (Å²) in [5.74, 6) is -3.14. The van der Waals surface area contributed by atoms with Crippen LogP contribution < -0.4 is 15.0 Å². The highest BCUT2D eigenvalue weighted by Gasteiger charge is 2.75. The number of likely N-dealkylation sites (tertiary alicyclic amines) is 1. The van der Waals surface area contributed by atoms with E-state index in [0.29, 0.717) is 40.7 Å². The molecular formula is C39H46BrN3O9. The van der Waals surface area contributed by atoms with Crippen LogP contribution in [0.25, 0.3) is 0 Å². The van der Waals surface area contributed by atoms with Gasteiger partial charge in [0.1, 0.15) is 35.5 Å². The zero-order chi connectivity index (χ0) is 36.8. The number of nitrogens with zero attached hydrogens (tertiary/aromatic N) is 2. The maximum Gasteiger partial charge on any atom is 0.313 e. The Bertz CT molecular complexity index is 1670. The molecule has 52 heavy (non-hydrogen) atoms. The van der Waals surface area contributed by atoms with E-state index < -0.39 is 47.7 Å². The summed E-state index contributed by atoms with van der Waals surface area (Å²) in [5, 5.41) is 12.3. The lowest BCUT2D eigenvalue weighted by molar-refractivity contribution is -0.162. The number of methoxy groups -OCH3 is 2. The molecule has 3 amide bonds. The highest BCUT2D eigenvalue weighted by atomic mass is 79.9. The number of amides is 3. The van der Waals surface area contributed by atoms with Gasteiger partial charge in [-0.25, -0.2) is 0 Å². The molecule has 2 N–H and O–H groups in total. The van der Waals surface area contributed by atoms with Gasteiger partial charge in [0.15, 0.2) is 0 Å². The number of ether oxygens (including phenoxy) is 4. The van der Waals surface area contributed by atoms with Gasteiger partial charge in [-0.15, -0.1) is 0 Å². The third-order valence-corrected chi connectivity index (χ3v) is 11.0. The first-order valence-corrected chi connectivity index (χ1v) is 18.6. The minimum absolute atomic E-state index is 0.0619. The fourth-order valence-electron chi connectivity index (χ4n) is 7.89. The van der Waals surface area contributed by atoms with Crippen LogP contribution in [-0.2, 0) is 33.4 Å². The number of carbonyl (C=O) groups is 4. The summed E-state index contributed by atoms with van der Waals surface area (Å²) < 4.78 is 24.4. The molecule has 12 nitrogen and oxygen atoms in total. The second-order valence-corrected chi connectivity index (χ2v) is 14.5. The highest BCUT2D eigenvalue weighted by molar-refractivity contribution is 9.11. The van der Waals surface area contributed by atoms with Crippen molar-refractivity contribution in [1.29, 1.82) is 0 Å². The number of aliphatic hydroxyl groups is 1. The molecule has 0 saturated carbocycles. The zero-order valence-corrected chi connectivity index (χ0v) is 31.0. The SMILES string of the molecule is COC[C@@H]1NC(=O)CC/C=C\CN(c2ccc(OC)cc2)C(=O)[C@H]2N(CCCCCCO)C(=O)[C@@H]3[C@@H](C(=O)O[C@H]1c1ccccc1)[C@@H]1O[C@@]32C=C1Br. The average Bonchev–Trinajstić information content (AvgIpc) is 3.74. The smallest absolute Gasteiger partial charge is 0.313 e. The highest BCUT2D eigenvalue weighted by Crippen LogP contribution is 2.59. The molecule has 0 unspecified atom stereocenters. The van der Waals surface area contributed by atoms with Crippen molar-refractivity contribution in [3.8, 4) is 5.75 Å². The Labute approximate surface area is 312 Å². The van der Waals surface area contributed by atoms with Crippen LogP contribution in [0.3, 0.4) is 0 Å². The van der Waals surface area contributed by atoms with Gasteiger partial charge in [-0.3, -0.25) is 19.2 Å². The number of cyclic esters (lactones) is 1. The van der Waals surface area contributed by atoms with Gasteiger partial charge in [0.05, 0.1) is 25.7 Å². The average molecular weight is 781 g/mol. The number of esters is 1. The summed E-state index contributed by atoms with van der Waals surface area (Å²) in [6.45, 7) is 0.564. The number of benzene rings is 2. The molecule has 4 aliphatic rings. The number of carbonyl (C=O) groups excluding carboxylic acids is 4. The molecule has 13 heteroatoms. The van der Waals surface area contributed by atoms with Gasteiger partial charge >= 0.3 is 5.97 Å². The fourth-order valence-corrected chi connectivity index (χ4v) is 8.63. The quantitative estimate of drug-likeness (QED) is 0.195. The van der Waals surface area contributed by atoms with E-state index in [1.807, 2.05) is 42.5 Å². The lowest BCUT2D eigenvalue weighted by atomic mass is 9.74.